The van der Waals surface area contributed by atoms with Gasteiger partial charge in [-0.25, -0.2) is 0 Å². The molecule has 0 saturated carbocycles. The summed E-state index contributed by atoms with van der Waals surface area (Å²) in [6, 6.07) is 5.93. The van der Waals surface area contributed by atoms with Crippen molar-refractivity contribution in [2.24, 2.45) is 5.92 Å². The third-order valence-corrected chi connectivity index (χ3v) is 3.68. The van der Waals surface area contributed by atoms with Crippen molar-refractivity contribution in [3.05, 3.63) is 18.2 Å². The molecule has 19 heavy (non-hydrogen) atoms. The summed E-state index contributed by atoms with van der Waals surface area (Å²) in [4.78, 5) is 2.29. The number of hydrogen-bond donors (Lipinski definition) is 2. The third kappa shape index (κ3) is 3.32. The van der Waals surface area contributed by atoms with Crippen LogP contribution >= 0.6 is 0 Å². The number of nitrogens with zero attached hydrogens (tertiary/aromatic N) is 1. The maximum absolute atomic E-state index is 9.79. The fourth-order valence-electron chi connectivity index (χ4n) is 2.42. The van der Waals surface area contributed by atoms with Crippen molar-refractivity contribution < 1.29 is 9.84 Å². The van der Waals surface area contributed by atoms with Gasteiger partial charge in [0.2, 0.25) is 0 Å². The van der Waals surface area contributed by atoms with Gasteiger partial charge in [0.1, 0.15) is 5.75 Å². The van der Waals surface area contributed by atoms with Crippen molar-refractivity contribution >= 4 is 11.4 Å². The molecular formula is C15H24N2O2. The molecule has 1 heterocycles. The van der Waals surface area contributed by atoms with Gasteiger partial charge in [0.05, 0.1) is 18.4 Å². The molecule has 1 fully saturated rings. The molecule has 0 aromatic heterocycles. The monoisotopic (exact) mass is 264 g/mol. The predicted molar refractivity (Wildman–Crippen MR) is 78.6 cm³/mol. The Bertz CT molecular complexity index is 423. The Morgan fingerprint density at radius 2 is 2.26 bits per heavy atom. The van der Waals surface area contributed by atoms with Gasteiger partial charge in [0, 0.05) is 24.8 Å². The number of ether oxygens (including phenoxy) is 1. The second kappa shape index (κ2) is 6.15. The summed E-state index contributed by atoms with van der Waals surface area (Å²) in [6.45, 7) is 6.60. The van der Waals surface area contributed by atoms with Crippen LogP contribution < -0.4 is 15.4 Å². The lowest BCUT2D eigenvalue weighted by molar-refractivity contribution is 0.0971. The third-order valence-electron chi connectivity index (χ3n) is 3.68. The zero-order valence-corrected chi connectivity index (χ0v) is 11.8. The molecule has 1 aliphatic heterocycles. The average Bonchev–Trinajstić information content (AvgIpc) is 2.41. The van der Waals surface area contributed by atoms with E-state index in [1.54, 1.807) is 0 Å². The molecule has 2 unspecified atom stereocenters. The minimum absolute atomic E-state index is 0.180. The van der Waals surface area contributed by atoms with E-state index in [1.807, 2.05) is 18.2 Å². The van der Waals surface area contributed by atoms with Crippen LogP contribution in [0.1, 0.15) is 26.7 Å². The Kier molecular flexibility index (Phi) is 4.53. The average molecular weight is 264 g/mol. The molecule has 0 bridgehead atoms. The number of benzene rings is 1. The lowest BCUT2D eigenvalue weighted by Gasteiger charge is -2.36. The van der Waals surface area contributed by atoms with Crippen LogP contribution in [-0.4, -0.2) is 30.9 Å². The molecule has 0 amide bonds. The number of aliphatic hydroxyl groups excluding tert-OH is 1. The molecule has 3 N–H and O–H groups in total. The topological polar surface area (TPSA) is 58.7 Å². The molecule has 106 valence electrons. The first kappa shape index (κ1) is 14.0. The van der Waals surface area contributed by atoms with E-state index in [0.717, 1.165) is 37.4 Å². The van der Waals surface area contributed by atoms with E-state index in [2.05, 4.69) is 18.7 Å². The lowest BCUT2D eigenvalue weighted by Crippen LogP contribution is -2.41. The Morgan fingerprint density at radius 1 is 1.47 bits per heavy atom. The molecule has 1 aliphatic rings. The van der Waals surface area contributed by atoms with Gasteiger partial charge < -0.3 is 20.5 Å². The highest BCUT2D eigenvalue weighted by atomic mass is 16.5. The van der Waals surface area contributed by atoms with Gasteiger partial charge in [-0.1, -0.05) is 13.8 Å². The van der Waals surface area contributed by atoms with Gasteiger partial charge in [-0.2, -0.15) is 0 Å². The molecule has 1 aromatic rings. The largest absolute Gasteiger partial charge is 0.491 e. The fourth-order valence-corrected chi connectivity index (χ4v) is 2.42. The smallest absolute Gasteiger partial charge is 0.144 e. The second-order valence-electron chi connectivity index (χ2n) is 5.35. The van der Waals surface area contributed by atoms with E-state index >= 15 is 0 Å². The van der Waals surface area contributed by atoms with E-state index in [9.17, 15) is 5.11 Å². The maximum atomic E-state index is 9.79. The number of piperidine rings is 1. The van der Waals surface area contributed by atoms with Gasteiger partial charge in [-0.15, -0.1) is 0 Å². The molecule has 2 rings (SSSR count). The van der Waals surface area contributed by atoms with Crippen LogP contribution in [-0.2, 0) is 0 Å². The SMILES string of the molecule is CCCOc1cc(N2CCC(O)C(C)C2)ccc1N. The molecule has 0 aliphatic carbocycles. The predicted octanol–water partition coefficient (Wildman–Crippen LogP) is 2.26. The Labute approximate surface area is 115 Å². The van der Waals surface area contributed by atoms with Gasteiger partial charge in [-0.05, 0) is 30.9 Å². The summed E-state index contributed by atoms with van der Waals surface area (Å²) in [7, 11) is 0. The summed E-state index contributed by atoms with van der Waals surface area (Å²) in [5, 5.41) is 9.79. The minimum Gasteiger partial charge on any atom is -0.491 e. The summed E-state index contributed by atoms with van der Waals surface area (Å²) in [5.74, 6) is 1.06. The number of anilines is 2. The van der Waals surface area contributed by atoms with Gasteiger partial charge in [0.15, 0.2) is 0 Å². The zero-order valence-electron chi connectivity index (χ0n) is 11.8. The van der Waals surface area contributed by atoms with Crippen LogP contribution in [0, 0.1) is 5.92 Å². The van der Waals surface area contributed by atoms with Crippen LogP contribution in [0.3, 0.4) is 0 Å². The van der Waals surface area contributed by atoms with Crippen LogP contribution in [0.5, 0.6) is 5.75 Å². The lowest BCUT2D eigenvalue weighted by atomic mass is 9.96. The number of aliphatic hydroxyl groups is 1. The first-order chi connectivity index (χ1) is 9.11. The van der Waals surface area contributed by atoms with Crippen LogP contribution in [0.2, 0.25) is 0 Å². The van der Waals surface area contributed by atoms with E-state index in [1.165, 1.54) is 0 Å². The maximum Gasteiger partial charge on any atom is 0.144 e. The van der Waals surface area contributed by atoms with Crippen molar-refractivity contribution in [1.82, 2.24) is 0 Å². The van der Waals surface area contributed by atoms with Gasteiger partial charge >= 0.3 is 0 Å². The van der Waals surface area contributed by atoms with Crippen molar-refractivity contribution in [1.29, 1.82) is 0 Å². The molecule has 1 aromatic carbocycles. The first-order valence-electron chi connectivity index (χ1n) is 7.07. The Balaban J connectivity index is 2.11. The number of nitrogen functional groups attached to an aromatic ring is 1. The molecular weight excluding hydrogens is 240 g/mol. The van der Waals surface area contributed by atoms with Crippen LogP contribution in [0.15, 0.2) is 18.2 Å². The molecule has 2 atom stereocenters. The Hall–Kier alpha value is -1.42. The zero-order chi connectivity index (χ0) is 13.8. The van der Waals surface area contributed by atoms with Gasteiger partial charge in [-0.3, -0.25) is 0 Å². The summed E-state index contributed by atoms with van der Waals surface area (Å²) >= 11 is 0. The van der Waals surface area contributed by atoms with E-state index in [0.29, 0.717) is 18.2 Å². The van der Waals surface area contributed by atoms with E-state index < -0.39 is 0 Å². The highest BCUT2D eigenvalue weighted by molar-refractivity contribution is 5.62. The van der Waals surface area contributed by atoms with E-state index in [4.69, 9.17) is 10.5 Å². The molecule has 4 heteroatoms. The normalized spacial score (nSPS) is 23.4. The summed E-state index contributed by atoms with van der Waals surface area (Å²) in [6.07, 6.45) is 1.61. The number of nitrogens with two attached hydrogens (primary N) is 1. The van der Waals surface area contributed by atoms with Crippen LogP contribution in [0.25, 0.3) is 0 Å². The van der Waals surface area contributed by atoms with Crippen molar-refractivity contribution in [2.45, 2.75) is 32.8 Å². The van der Waals surface area contributed by atoms with E-state index in [-0.39, 0.29) is 6.10 Å². The highest BCUT2D eigenvalue weighted by Gasteiger charge is 2.24. The second-order valence-corrected chi connectivity index (χ2v) is 5.35. The molecule has 0 spiro atoms. The fraction of sp³-hybridized carbons (Fsp3) is 0.600. The number of hydrogen-bond acceptors (Lipinski definition) is 4. The minimum atomic E-state index is -0.180. The standard InChI is InChI=1S/C15H24N2O2/c1-3-8-19-15-9-12(4-5-13(15)16)17-7-6-14(18)11(2)10-17/h4-5,9,11,14,18H,3,6-8,10,16H2,1-2H3. The molecule has 1 saturated heterocycles. The molecule has 0 radical (unpaired) electrons. The molecule has 4 nitrogen and oxygen atoms in total. The summed E-state index contributed by atoms with van der Waals surface area (Å²) < 4.78 is 5.66. The van der Waals surface area contributed by atoms with Crippen molar-refractivity contribution in [3.8, 4) is 5.75 Å². The Morgan fingerprint density at radius 3 is 2.95 bits per heavy atom. The first-order valence-corrected chi connectivity index (χ1v) is 7.07. The van der Waals surface area contributed by atoms with Gasteiger partial charge in [0.25, 0.3) is 0 Å². The van der Waals surface area contributed by atoms with Crippen molar-refractivity contribution in [3.63, 3.8) is 0 Å². The van der Waals surface area contributed by atoms with Crippen LogP contribution in [0.4, 0.5) is 11.4 Å². The number of rotatable bonds is 4. The quantitative estimate of drug-likeness (QED) is 0.819. The highest BCUT2D eigenvalue weighted by Crippen LogP contribution is 2.30. The van der Waals surface area contributed by atoms with Crippen molar-refractivity contribution in [2.75, 3.05) is 30.3 Å². The summed E-state index contributed by atoms with van der Waals surface area (Å²) in [5.41, 5.74) is 7.73.